The topological polar surface area (TPSA) is 79.3 Å². The first-order valence-corrected chi connectivity index (χ1v) is 14.0. The molecule has 0 saturated carbocycles. The van der Waals surface area contributed by atoms with Crippen molar-refractivity contribution in [3.63, 3.8) is 0 Å². The maximum absolute atomic E-state index is 13.7. The third-order valence-electron chi connectivity index (χ3n) is 7.15. The van der Waals surface area contributed by atoms with Crippen molar-refractivity contribution in [1.82, 2.24) is 29.8 Å². The summed E-state index contributed by atoms with van der Waals surface area (Å²) in [6.45, 7) is 5.32. The van der Waals surface area contributed by atoms with E-state index >= 15 is 0 Å². The van der Waals surface area contributed by atoms with Crippen LogP contribution < -0.4 is 4.74 Å². The van der Waals surface area contributed by atoms with Gasteiger partial charge in [0.2, 0.25) is 5.91 Å². The summed E-state index contributed by atoms with van der Waals surface area (Å²) in [5, 5.41) is 8.94. The van der Waals surface area contributed by atoms with E-state index < -0.39 is 0 Å². The van der Waals surface area contributed by atoms with E-state index in [-0.39, 0.29) is 24.0 Å². The van der Waals surface area contributed by atoms with Gasteiger partial charge < -0.3 is 14.6 Å². The molecule has 0 radical (unpaired) electrons. The number of thiocarbonyl (C=S) groups is 1. The molecule has 10 heteroatoms. The van der Waals surface area contributed by atoms with Gasteiger partial charge in [-0.25, -0.2) is 0 Å². The number of aromatic amines is 1. The number of aryl methyl sites for hydroxylation is 1. The minimum absolute atomic E-state index is 0.00801. The number of aromatic nitrogens is 4. The van der Waals surface area contributed by atoms with Crippen LogP contribution in [0.2, 0.25) is 0 Å². The highest BCUT2D eigenvalue weighted by molar-refractivity contribution is 9.10. The van der Waals surface area contributed by atoms with Gasteiger partial charge in [-0.15, -0.1) is 5.10 Å². The number of benzene rings is 2. The number of carbonyl (C=O) groups excluding carboxylic acids is 1. The van der Waals surface area contributed by atoms with E-state index in [1.54, 1.807) is 15.8 Å². The van der Waals surface area contributed by atoms with Crippen LogP contribution in [0.5, 0.6) is 5.75 Å². The number of hydrogen-bond acceptors (Lipinski definition) is 6. The smallest absolute Gasteiger partial charge is 0.245 e. The van der Waals surface area contributed by atoms with Crippen molar-refractivity contribution < 1.29 is 9.53 Å². The van der Waals surface area contributed by atoms with Crippen LogP contribution in [0.3, 0.4) is 0 Å². The Balaban J connectivity index is 1.43. The van der Waals surface area contributed by atoms with Gasteiger partial charge in [0.15, 0.2) is 0 Å². The van der Waals surface area contributed by atoms with Crippen molar-refractivity contribution in [3.8, 4) is 5.75 Å². The Hall–Kier alpha value is -3.08. The van der Waals surface area contributed by atoms with Crippen LogP contribution in [-0.4, -0.2) is 66.9 Å². The summed E-state index contributed by atoms with van der Waals surface area (Å²) in [5.74, 6) is 0.829. The first kappa shape index (κ1) is 26.5. The number of nitrogens with one attached hydrogen (secondary N) is 1. The van der Waals surface area contributed by atoms with Crippen LogP contribution in [0.25, 0.3) is 10.9 Å². The average molecular weight is 596 g/mol. The van der Waals surface area contributed by atoms with Crippen molar-refractivity contribution in [2.24, 2.45) is 0 Å². The van der Waals surface area contributed by atoms with E-state index in [0.29, 0.717) is 13.0 Å². The molecule has 38 heavy (non-hydrogen) atoms. The number of rotatable bonds is 9. The van der Waals surface area contributed by atoms with E-state index in [0.717, 1.165) is 45.3 Å². The fourth-order valence-corrected chi connectivity index (χ4v) is 5.90. The molecule has 2 atom stereocenters. The van der Waals surface area contributed by atoms with Crippen LogP contribution in [0.4, 0.5) is 0 Å². The summed E-state index contributed by atoms with van der Waals surface area (Å²) >= 11 is 8.84. The van der Waals surface area contributed by atoms with E-state index in [2.05, 4.69) is 60.4 Å². The van der Waals surface area contributed by atoms with Crippen molar-refractivity contribution in [2.45, 2.75) is 51.4 Å². The maximum atomic E-state index is 13.7. The molecule has 1 amide bonds. The average Bonchev–Trinajstić information content (AvgIpc) is 3.54. The first-order chi connectivity index (χ1) is 18.4. The molecule has 0 aliphatic carbocycles. The molecule has 198 valence electrons. The minimum Gasteiger partial charge on any atom is -0.494 e. The molecule has 5 rings (SSSR count). The van der Waals surface area contributed by atoms with Crippen LogP contribution in [0.15, 0.2) is 59.3 Å². The molecule has 1 N–H and O–H groups in total. The molecule has 0 spiro atoms. The zero-order chi connectivity index (χ0) is 26.8. The standard InChI is InChI=1S/C28H31BrN6O2S/c1-18(2)35(17-38)28(36)25-16-23-22-15-20(29)7-10-24(22)31-26(23)27(33(25)3)19-5-8-21(9-6-19)37-14-4-12-34-13-11-30-32-34/h5-11,13,15,17-18,25,27,31H,4,12,14,16H2,1-3H3. The summed E-state index contributed by atoms with van der Waals surface area (Å²) < 4.78 is 8.78. The minimum atomic E-state index is -0.347. The number of fused-ring (bicyclic) bond motifs is 3. The molecule has 2 unspecified atom stereocenters. The monoisotopic (exact) mass is 594 g/mol. The predicted octanol–water partition coefficient (Wildman–Crippen LogP) is 5.13. The normalized spacial score (nSPS) is 17.5. The molecule has 1 aliphatic rings. The molecular weight excluding hydrogens is 564 g/mol. The van der Waals surface area contributed by atoms with Gasteiger partial charge in [-0.2, -0.15) is 0 Å². The fourth-order valence-electron chi connectivity index (χ4n) is 5.19. The number of likely N-dealkylation sites (N-methyl/N-ethyl adjacent to an activating group) is 1. The summed E-state index contributed by atoms with van der Waals surface area (Å²) in [6, 6.07) is 13.9. The lowest BCUT2D eigenvalue weighted by Crippen LogP contribution is -2.53. The molecule has 0 saturated heterocycles. The number of ether oxygens (including phenoxy) is 1. The number of H-pyrrole nitrogens is 1. The number of hydrogen-bond donors (Lipinski definition) is 1. The molecule has 0 fully saturated rings. The van der Waals surface area contributed by atoms with Gasteiger partial charge in [0.1, 0.15) is 5.75 Å². The van der Waals surface area contributed by atoms with E-state index in [1.807, 2.05) is 45.3 Å². The molecule has 1 aliphatic heterocycles. The number of halogens is 1. The van der Waals surface area contributed by atoms with E-state index in [9.17, 15) is 4.79 Å². The maximum Gasteiger partial charge on any atom is 0.245 e. The first-order valence-electron chi connectivity index (χ1n) is 12.7. The molecule has 3 heterocycles. The second kappa shape index (κ2) is 11.3. The van der Waals surface area contributed by atoms with Gasteiger partial charge in [-0.1, -0.05) is 45.5 Å². The predicted molar refractivity (Wildman–Crippen MR) is 155 cm³/mol. The zero-order valence-electron chi connectivity index (χ0n) is 21.7. The van der Waals surface area contributed by atoms with Crippen LogP contribution in [-0.2, 0) is 17.8 Å². The molecular formula is C28H31BrN6O2S. The second-order valence-electron chi connectivity index (χ2n) is 9.88. The van der Waals surface area contributed by atoms with Crippen LogP contribution in [0, 0.1) is 0 Å². The third kappa shape index (κ3) is 5.25. The molecule has 0 bridgehead atoms. The lowest BCUT2D eigenvalue weighted by atomic mass is 9.88. The van der Waals surface area contributed by atoms with Crippen LogP contribution >= 0.6 is 28.1 Å². The molecule has 2 aromatic carbocycles. The van der Waals surface area contributed by atoms with Gasteiger partial charge in [0, 0.05) is 46.3 Å². The van der Waals surface area contributed by atoms with E-state index in [4.69, 9.17) is 17.0 Å². The number of amides is 1. The van der Waals surface area contributed by atoms with Crippen molar-refractivity contribution in [3.05, 3.63) is 76.2 Å². The Morgan fingerprint density at radius 3 is 2.76 bits per heavy atom. The van der Waals surface area contributed by atoms with Gasteiger partial charge in [0.25, 0.3) is 0 Å². The quantitative estimate of drug-likeness (QED) is 0.214. The zero-order valence-corrected chi connectivity index (χ0v) is 24.1. The summed E-state index contributed by atoms with van der Waals surface area (Å²) in [4.78, 5) is 21.2. The van der Waals surface area contributed by atoms with Gasteiger partial charge in [0.05, 0.1) is 30.4 Å². The van der Waals surface area contributed by atoms with Gasteiger partial charge in [-0.05, 0) is 68.8 Å². The Morgan fingerprint density at radius 2 is 2.08 bits per heavy atom. The van der Waals surface area contributed by atoms with E-state index in [1.165, 1.54) is 11.1 Å². The highest BCUT2D eigenvalue weighted by Gasteiger charge is 2.40. The van der Waals surface area contributed by atoms with Gasteiger partial charge in [-0.3, -0.25) is 14.4 Å². The summed E-state index contributed by atoms with van der Waals surface area (Å²) in [6.07, 6.45) is 4.96. The SMILES string of the molecule is CC(C)N(C=S)C(=O)C1Cc2c([nH]c3ccc(Br)cc23)C(c2ccc(OCCCn3ccnn3)cc2)N1C. The van der Waals surface area contributed by atoms with Crippen molar-refractivity contribution >= 4 is 50.4 Å². The third-order valence-corrected chi connectivity index (χ3v) is 7.87. The Kier molecular flexibility index (Phi) is 7.92. The number of nitrogens with zero attached hydrogens (tertiary/aromatic N) is 5. The Labute approximate surface area is 236 Å². The largest absolute Gasteiger partial charge is 0.494 e. The lowest BCUT2D eigenvalue weighted by Gasteiger charge is -2.41. The van der Waals surface area contributed by atoms with Crippen molar-refractivity contribution in [2.75, 3.05) is 13.7 Å². The lowest BCUT2D eigenvalue weighted by molar-refractivity contribution is -0.134. The summed E-state index contributed by atoms with van der Waals surface area (Å²) in [7, 11) is 2.02. The highest BCUT2D eigenvalue weighted by atomic mass is 79.9. The highest BCUT2D eigenvalue weighted by Crippen LogP contribution is 2.41. The molecule has 2 aromatic heterocycles. The second-order valence-corrected chi connectivity index (χ2v) is 11.0. The van der Waals surface area contributed by atoms with Crippen molar-refractivity contribution in [1.29, 1.82) is 0 Å². The Bertz CT molecular complexity index is 1420. The molecule has 8 nitrogen and oxygen atoms in total. The van der Waals surface area contributed by atoms with Crippen LogP contribution in [0.1, 0.15) is 43.1 Å². The summed E-state index contributed by atoms with van der Waals surface area (Å²) in [5.41, 5.74) is 5.92. The Morgan fingerprint density at radius 1 is 1.29 bits per heavy atom. The van der Waals surface area contributed by atoms with Gasteiger partial charge >= 0.3 is 0 Å². The fraction of sp³-hybridized carbons (Fsp3) is 0.357. The number of carbonyl (C=O) groups is 1. The molecule has 4 aromatic rings.